The number of nitrogens with zero attached hydrogens (tertiary/aromatic N) is 5. The topological polar surface area (TPSA) is 64.0 Å². The van der Waals surface area contributed by atoms with E-state index in [4.69, 9.17) is 9.72 Å². The lowest BCUT2D eigenvalue weighted by Crippen LogP contribution is -2.12. The third-order valence-electron chi connectivity index (χ3n) is 4.87. The van der Waals surface area contributed by atoms with Gasteiger partial charge < -0.3 is 9.64 Å². The summed E-state index contributed by atoms with van der Waals surface area (Å²) in [6.07, 6.45) is 6.26. The summed E-state index contributed by atoms with van der Waals surface area (Å²) in [4.78, 5) is 20.0. The SMILES string of the molecule is CCOc1ccc(-c2cccc(Cc3ccccc3-c3cnc(N(C)C)nc3)n2)cn1. The summed E-state index contributed by atoms with van der Waals surface area (Å²) in [7, 11) is 3.86. The van der Waals surface area contributed by atoms with Crippen molar-refractivity contribution in [3.63, 3.8) is 0 Å². The van der Waals surface area contributed by atoms with E-state index in [9.17, 15) is 0 Å². The molecular formula is C25H25N5O. The quantitative estimate of drug-likeness (QED) is 0.441. The first-order valence-electron chi connectivity index (χ1n) is 10.3. The molecule has 3 aromatic heterocycles. The van der Waals surface area contributed by atoms with Crippen LogP contribution in [-0.2, 0) is 6.42 Å². The van der Waals surface area contributed by atoms with Gasteiger partial charge in [0, 0.05) is 62.0 Å². The summed E-state index contributed by atoms with van der Waals surface area (Å²) in [5.74, 6) is 1.32. The molecule has 31 heavy (non-hydrogen) atoms. The van der Waals surface area contributed by atoms with Crippen molar-refractivity contribution < 1.29 is 4.74 Å². The third kappa shape index (κ3) is 4.86. The van der Waals surface area contributed by atoms with Crippen LogP contribution in [0.15, 0.2) is 73.2 Å². The largest absolute Gasteiger partial charge is 0.478 e. The van der Waals surface area contributed by atoms with Gasteiger partial charge >= 0.3 is 0 Å². The second-order valence-corrected chi connectivity index (χ2v) is 7.33. The molecule has 0 aliphatic carbocycles. The molecule has 4 rings (SSSR count). The molecule has 0 unspecified atom stereocenters. The Morgan fingerprint density at radius 3 is 2.29 bits per heavy atom. The molecule has 0 fully saturated rings. The Balaban J connectivity index is 1.59. The van der Waals surface area contributed by atoms with Gasteiger partial charge in [0.2, 0.25) is 11.8 Å². The zero-order chi connectivity index (χ0) is 21.6. The highest BCUT2D eigenvalue weighted by molar-refractivity contribution is 5.67. The van der Waals surface area contributed by atoms with Crippen LogP contribution in [0.1, 0.15) is 18.2 Å². The Kier molecular flexibility index (Phi) is 6.17. The highest BCUT2D eigenvalue weighted by Crippen LogP contribution is 2.26. The van der Waals surface area contributed by atoms with Crippen molar-refractivity contribution in [2.45, 2.75) is 13.3 Å². The highest BCUT2D eigenvalue weighted by Gasteiger charge is 2.09. The molecule has 0 N–H and O–H groups in total. The molecule has 3 heterocycles. The molecule has 4 aromatic rings. The number of aromatic nitrogens is 4. The minimum Gasteiger partial charge on any atom is -0.478 e. The van der Waals surface area contributed by atoms with Crippen LogP contribution in [0.2, 0.25) is 0 Å². The standard InChI is InChI=1S/C25H25N5O/c1-4-31-24-13-12-19(15-26-24)23-11-7-9-21(29-23)14-18-8-5-6-10-22(18)20-16-27-25(28-17-20)30(2)3/h5-13,15-17H,4,14H2,1-3H3. The van der Waals surface area contributed by atoms with E-state index in [0.717, 1.165) is 28.1 Å². The molecule has 0 saturated carbocycles. The van der Waals surface area contributed by atoms with Crippen LogP contribution in [0, 0.1) is 0 Å². The lowest BCUT2D eigenvalue weighted by Gasteiger charge is -2.12. The van der Waals surface area contributed by atoms with Crippen LogP contribution >= 0.6 is 0 Å². The summed E-state index contributed by atoms with van der Waals surface area (Å²) in [5.41, 5.74) is 6.13. The van der Waals surface area contributed by atoms with Gasteiger partial charge in [-0.15, -0.1) is 0 Å². The summed E-state index contributed by atoms with van der Waals surface area (Å²) in [6.45, 7) is 2.55. The van der Waals surface area contributed by atoms with E-state index >= 15 is 0 Å². The van der Waals surface area contributed by atoms with E-state index in [1.807, 2.05) is 80.8 Å². The van der Waals surface area contributed by atoms with Gasteiger partial charge in [-0.1, -0.05) is 30.3 Å². The fourth-order valence-corrected chi connectivity index (χ4v) is 3.35. The number of hydrogen-bond acceptors (Lipinski definition) is 6. The van der Waals surface area contributed by atoms with Crippen molar-refractivity contribution in [2.24, 2.45) is 0 Å². The minimum atomic E-state index is 0.600. The zero-order valence-corrected chi connectivity index (χ0v) is 18.0. The molecule has 0 aliphatic rings. The maximum atomic E-state index is 5.43. The van der Waals surface area contributed by atoms with Crippen LogP contribution in [-0.4, -0.2) is 40.6 Å². The van der Waals surface area contributed by atoms with Gasteiger partial charge in [-0.3, -0.25) is 4.98 Å². The normalized spacial score (nSPS) is 10.7. The fraction of sp³-hybridized carbons (Fsp3) is 0.200. The molecule has 0 spiro atoms. The van der Waals surface area contributed by atoms with Gasteiger partial charge in [0.05, 0.1) is 12.3 Å². The monoisotopic (exact) mass is 411 g/mol. The summed E-state index contributed by atoms with van der Waals surface area (Å²) >= 11 is 0. The number of anilines is 1. The average molecular weight is 412 g/mol. The van der Waals surface area contributed by atoms with Crippen LogP contribution in [0.3, 0.4) is 0 Å². The second kappa shape index (κ2) is 9.34. The Bertz CT molecular complexity index is 1140. The Labute approximate surface area is 182 Å². The summed E-state index contributed by atoms with van der Waals surface area (Å²) < 4.78 is 5.43. The molecule has 1 aromatic carbocycles. The van der Waals surface area contributed by atoms with E-state index in [0.29, 0.717) is 24.9 Å². The maximum absolute atomic E-state index is 5.43. The van der Waals surface area contributed by atoms with Crippen molar-refractivity contribution in [1.82, 2.24) is 19.9 Å². The van der Waals surface area contributed by atoms with E-state index in [2.05, 4.69) is 27.1 Å². The number of rotatable bonds is 7. The van der Waals surface area contributed by atoms with Gasteiger partial charge in [0.15, 0.2) is 0 Å². The molecule has 0 saturated heterocycles. The number of pyridine rings is 2. The van der Waals surface area contributed by atoms with Gasteiger partial charge in [-0.2, -0.15) is 0 Å². The fourth-order valence-electron chi connectivity index (χ4n) is 3.35. The molecule has 0 amide bonds. The Hall–Kier alpha value is -3.80. The average Bonchev–Trinajstić information content (AvgIpc) is 2.80. The van der Waals surface area contributed by atoms with Crippen LogP contribution in [0.25, 0.3) is 22.4 Å². The Morgan fingerprint density at radius 1 is 0.806 bits per heavy atom. The predicted octanol–water partition coefficient (Wildman–Crippen LogP) is 4.66. The van der Waals surface area contributed by atoms with Gasteiger partial charge in [0.1, 0.15) is 0 Å². The second-order valence-electron chi connectivity index (χ2n) is 7.33. The van der Waals surface area contributed by atoms with Crippen LogP contribution in [0.5, 0.6) is 5.88 Å². The van der Waals surface area contributed by atoms with Gasteiger partial charge in [-0.05, 0) is 36.2 Å². The first-order valence-corrected chi connectivity index (χ1v) is 10.3. The van der Waals surface area contributed by atoms with Crippen molar-refractivity contribution in [1.29, 1.82) is 0 Å². The molecule has 0 bridgehead atoms. The number of benzene rings is 1. The molecule has 0 atom stereocenters. The molecule has 0 aliphatic heterocycles. The van der Waals surface area contributed by atoms with Crippen molar-refractivity contribution in [2.75, 3.05) is 25.6 Å². The lowest BCUT2D eigenvalue weighted by molar-refractivity contribution is 0.327. The van der Waals surface area contributed by atoms with E-state index in [1.165, 1.54) is 5.56 Å². The minimum absolute atomic E-state index is 0.600. The molecule has 6 nitrogen and oxygen atoms in total. The molecule has 0 radical (unpaired) electrons. The molecular weight excluding hydrogens is 386 g/mol. The first-order chi connectivity index (χ1) is 15.1. The molecule has 156 valence electrons. The first kappa shape index (κ1) is 20.5. The third-order valence-corrected chi connectivity index (χ3v) is 4.87. The highest BCUT2D eigenvalue weighted by atomic mass is 16.5. The van der Waals surface area contributed by atoms with Crippen molar-refractivity contribution in [3.8, 4) is 28.3 Å². The summed E-state index contributed by atoms with van der Waals surface area (Å²) in [5, 5.41) is 0. The van der Waals surface area contributed by atoms with Crippen molar-refractivity contribution in [3.05, 3.63) is 84.4 Å². The number of hydrogen-bond donors (Lipinski definition) is 0. The maximum Gasteiger partial charge on any atom is 0.224 e. The van der Waals surface area contributed by atoms with Crippen LogP contribution < -0.4 is 9.64 Å². The van der Waals surface area contributed by atoms with E-state index in [-0.39, 0.29) is 0 Å². The number of ether oxygens (including phenoxy) is 1. The lowest BCUT2D eigenvalue weighted by atomic mass is 9.98. The van der Waals surface area contributed by atoms with Gasteiger partial charge in [-0.25, -0.2) is 15.0 Å². The predicted molar refractivity (Wildman–Crippen MR) is 123 cm³/mol. The van der Waals surface area contributed by atoms with Crippen LogP contribution in [0.4, 0.5) is 5.95 Å². The van der Waals surface area contributed by atoms with Gasteiger partial charge in [0.25, 0.3) is 0 Å². The van der Waals surface area contributed by atoms with E-state index in [1.54, 1.807) is 6.20 Å². The van der Waals surface area contributed by atoms with Crippen molar-refractivity contribution >= 4 is 5.95 Å². The Morgan fingerprint density at radius 2 is 1.58 bits per heavy atom. The zero-order valence-electron chi connectivity index (χ0n) is 18.0. The van der Waals surface area contributed by atoms with E-state index < -0.39 is 0 Å². The molecule has 6 heteroatoms. The smallest absolute Gasteiger partial charge is 0.224 e. The summed E-state index contributed by atoms with van der Waals surface area (Å²) in [6, 6.07) is 18.3.